The minimum absolute atomic E-state index is 0.0721. The van der Waals surface area contributed by atoms with Gasteiger partial charge in [0.1, 0.15) is 6.61 Å². The van der Waals surface area contributed by atoms with E-state index in [0.717, 1.165) is 18.4 Å². The molecule has 0 amide bonds. The normalized spacial score (nSPS) is 10.6. The fraction of sp³-hybridized carbons (Fsp3) is 0.667. The Morgan fingerprint density at radius 3 is 1.79 bits per heavy atom. The maximum Gasteiger partial charge on any atom is 0.306 e. The zero-order chi connectivity index (χ0) is 20.5. The number of benzene rings is 1. The SMILES string of the molecule is CCCCCCCCCCCCOC(=O)CCC(=O)OCc1ccc(C)cc1. The predicted molar refractivity (Wildman–Crippen MR) is 113 cm³/mol. The molecule has 4 nitrogen and oxygen atoms in total. The summed E-state index contributed by atoms with van der Waals surface area (Å²) in [6, 6.07) is 7.83. The van der Waals surface area contributed by atoms with Crippen molar-refractivity contribution >= 4 is 11.9 Å². The van der Waals surface area contributed by atoms with Gasteiger partial charge >= 0.3 is 11.9 Å². The van der Waals surface area contributed by atoms with Gasteiger partial charge in [-0.3, -0.25) is 9.59 Å². The highest BCUT2D eigenvalue weighted by Gasteiger charge is 2.09. The number of unbranched alkanes of at least 4 members (excludes halogenated alkanes) is 9. The molecule has 0 radical (unpaired) electrons. The Kier molecular flexibility index (Phi) is 14.0. The molecule has 0 spiro atoms. The van der Waals surface area contributed by atoms with Crippen LogP contribution in [0.2, 0.25) is 0 Å². The van der Waals surface area contributed by atoms with Crippen LogP contribution in [0.15, 0.2) is 24.3 Å². The Morgan fingerprint density at radius 2 is 1.21 bits per heavy atom. The molecule has 1 rings (SSSR count). The smallest absolute Gasteiger partial charge is 0.306 e. The van der Waals surface area contributed by atoms with Gasteiger partial charge in [-0.1, -0.05) is 94.5 Å². The first-order chi connectivity index (χ1) is 13.6. The van der Waals surface area contributed by atoms with E-state index in [2.05, 4.69) is 6.92 Å². The monoisotopic (exact) mass is 390 g/mol. The molecule has 0 saturated heterocycles. The topological polar surface area (TPSA) is 52.6 Å². The van der Waals surface area contributed by atoms with Crippen molar-refractivity contribution in [2.24, 2.45) is 0 Å². The van der Waals surface area contributed by atoms with Gasteiger partial charge in [0, 0.05) is 0 Å². The minimum Gasteiger partial charge on any atom is -0.466 e. The molecule has 0 aliphatic rings. The molecule has 0 unspecified atom stereocenters. The Labute approximate surface area is 171 Å². The van der Waals surface area contributed by atoms with E-state index >= 15 is 0 Å². The van der Waals surface area contributed by atoms with Crippen molar-refractivity contribution in [1.82, 2.24) is 0 Å². The van der Waals surface area contributed by atoms with Crippen LogP contribution in [-0.2, 0) is 25.7 Å². The summed E-state index contributed by atoms with van der Waals surface area (Å²) in [4.78, 5) is 23.4. The summed E-state index contributed by atoms with van der Waals surface area (Å²) in [7, 11) is 0. The number of esters is 2. The van der Waals surface area contributed by atoms with Gasteiger partial charge in [0.2, 0.25) is 0 Å². The first kappa shape index (κ1) is 24.2. The van der Waals surface area contributed by atoms with Crippen molar-refractivity contribution in [3.05, 3.63) is 35.4 Å². The number of hydrogen-bond donors (Lipinski definition) is 0. The van der Waals surface area contributed by atoms with Crippen LogP contribution in [0.3, 0.4) is 0 Å². The summed E-state index contributed by atoms with van der Waals surface area (Å²) in [6.07, 6.45) is 12.7. The molecule has 1 aromatic carbocycles. The van der Waals surface area contributed by atoms with Crippen molar-refractivity contribution in [3.63, 3.8) is 0 Å². The molecule has 28 heavy (non-hydrogen) atoms. The molecule has 0 saturated carbocycles. The second kappa shape index (κ2) is 16.1. The van der Waals surface area contributed by atoms with Gasteiger partial charge in [-0.05, 0) is 18.9 Å². The van der Waals surface area contributed by atoms with Gasteiger partial charge in [-0.15, -0.1) is 0 Å². The molecule has 0 atom stereocenters. The third-order valence-electron chi connectivity index (χ3n) is 4.81. The predicted octanol–water partition coefficient (Wildman–Crippen LogP) is 6.28. The van der Waals surface area contributed by atoms with E-state index in [1.807, 2.05) is 31.2 Å². The van der Waals surface area contributed by atoms with Gasteiger partial charge in [0.05, 0.1) is 19.4 Å². The van der Waals surface area contributed by atoms with Crippen LogP contribution in [0.1, 0.15) is 95.1 Å². The summed E-state index contributed by atoms with van der Waals surface area (Å²) < 4.78 is 10.4. The van der Waals surface area contributed by atoms with Gasteiger partial charge in [0.15, 0.2) is 0 Å². The first-order valence-corrected chi connectivity index (χ1v) is 11.0. The van der Waals surface area contributed by atoms with Gasteiger partial charge < -0.3 is 9.47 Å². The van der Waals surface area contributed by atoms with E-state index in [1.54, 1.807) is 0 Å². The molecule has 0 aliphatic carbocycles. The van der Waals surface area contributed by atoms with Crippen molar-refractivity contribution in [2.45, 2.75) is 97.5 Å². The van der Waals surface area contributed by atoms with E-state index in [9.17, 15) is 9.59 Å². The minimum atomic E-state index is -0.364. The number of carbonyl (C=O) groups is 2. The van der Waals surface area contributed by atoms with Crippen LogP contribution < -0.4 is 0 Å². The molecule has 1 aromatic rings. The quantitative estimate of drug-likeness (QED) is 0.246. The second-order valence-electron chi connectivity index (χ2n) is 7.55. The summed E-state index contributed by atoms with van der Waals surface area (Å²) >= 11 is 0. The lowest BCUT2D eigenvalue weighted by Gasteiger charge is -2.06. The Balaban J connectivity index is 1.92. The molecular weight excluding hydrogens is 352 g/mol. The van der Waals surface area contributed by atoms with Crippen molar-refractivity contribution < 1.29 is 19.1 Å². The summed E-state index contributed by atoms with van der Waals surface area (Å²) in [5.41, 5.74) is 2.11. The van der Waals surface area contributed by atoms with Crippen LogP contribution in [-0.4, -0.2) is 18.5 Å². The highest BCUT2D eigenvalue weighted by Crippen LogP contribution is 2.11. The number of hydrogen-bond acceptors (Lipinski definition) is 4. The lowest BCUT2D eigenvalue weighted by molar-refractivity contribution is -0.151. The third kappa shape index (κ3) is 13.3. The zero-order valence-electron chi connectivity index (χ0n) is 17.8. The first-order valence-electron chi connectivity index (χ1n) is 11.0. The molecule has 0 N–H and O–H groups in total. The van der Waals surface area contributed by atoms with E-state index in [-0.39, 0.29) is 31.4 Å². The largest absolute Gasteiger partial charge is 0.466 e. The van der Waals surface area contributed by atoms with Gasteiger partial charge in [0.25, 0.3) is 0 Å². The highest BCUT2D eigenvalue weighted by molar-refractivity contribution is 5.77. The van der Waals surface area contributed by atoms with E-state index in [1.165, 1.54) is 56.9 Å². The molecule has 0 aliphatic heterocycles. The maximum absolute atomic E-state index is 11.7. The zero-order valence-corrected chi connectivity index (χ0v) is 17.8. The van der Waals surface area contributed by atoms with Crippen LogP contribution in [0, 0.1) is 6.92 Å². The lowest BCUT2D eigenvalue weighted by atomic mass is 10.1. The second-order valence-corrected chi connectivity index (χ2v) is 7.55. The van der Waals surface area contributed by atoms with Gasteiger partial charge in [-0.25, -0.2) is 0 Å². The average molecular weight is 391 g/mol. The van der Waals surface area contributed by atoms with Crippen LogP contribution in [0.4, 0.5) is 0 Å². The molecule has 158 valence electrons. The Bertz CT molecular complexity index is 536. The van der Waals surface area contributed by atoms with Crippen molar-refractivity contribution in [1.29, 1.82) is 0 Å². The fourth-order valence-electron chi connectivity index (χ4n) is 2.97. The van der Waals surface area contributed by atoms with Crippen LogP contribution in [0.5, 0.6) is 0 Å². The standard InChI is InChI=1S/C24H38O4/c1-3-4-5-6-7-8-9-10-11-12-19-27-23(25)17-18-24(26)28-20-22-15-13-21(2)14-16-22/h13-16H,3-12,17-20H2,1-2H3. The molecule has 0 aromatic heterocycles. The summed E-state index contributed by atoms with van der Waals surface area (Å²) in [6.45, 7) is 4.95. The number of aryl methyl sites for hydroxylation is 1. The average Bonchev–Trinajstić information content (AvgIpc) is 2.70. The van der Waals surface area contributed by atoms with Crippen LogP contribution >= 0.6 is 0 Å². The Hall–Kier alpha value is -1.84. The third-order valence-corrected chi connectivity index (χ3v) is 4.81. The number of carbonyl (C=O) groups excluding carboxylic acids is 2. The lowest BCUT2D eigenvalue weighted by Crippen LogP contribution is -2.11. The molecule has 0 heterocycles. The van der Waals surface area contributed by atoms with E-state index < -0.39 is 0 Å². The van der Waals surface area contributed by atoms with Crippen molar-refractivity contribution in [2.75, 3.05) is 6.61 Å². The summed E-state index contributed by atoms with van der Waals surface area (Å²) in [5, 5.41) is 0. The van der Waals surface area contributed by atoms with Crippen molar-refractivity contribution in [3.8, 4) is 0 Å². The van der Waals surface area contributed by atoms with E-state index in [0.29, 0.717) is 6.61 Å². The number of ether oxygens (including phenoxy) is 2. The Morgan fingerprint density at radius 1 is 0.714 bits per heavy atom. The maximum atomic E-state index is 11.7. The summed E-state index contributed by atoms with van der Waals surface area (Å²) in [5.74, 6) is -0.681. The fourth-order valence-corrected chi connectivity index (χ4v) is 2.97. The molecule has 0 fully saturated rings. The van der Waals surface area contributed by atoms with Crippen LogP contribution in [0.25, 0.3) is 0 Å². The molecule has 0 bridgehead atoms. The molecule has 4 heteroatoms. The number of rotatable bonds is 16. The molecular formula is C24H38O4. The van der Waals surface area contributed by atoms with E-state index in [4.69, 9.17) is 9.47 Å². The van der Waals surface area contributed by atoms with Gasteiger partial charge in [-0.2, -0.15) is 0 Å². The highest BCUT2D eigenvalue weighted by atomic mass is 16.5.